The van der Waals surface area contributed by atoms with Crippen LogP contribution in [-0.2, 0) is 0 Å². The molecule has 0 aliphatic carbocycles. The van der Waals surface area contributed by atoms with E-state index in [9.17, 15) is 0 Å². The third-order valence-electron chi connectivity index (χ3n) is 3.01. The first-order valence-electron chi connectivity index (χ1n) is 6.12. The van der Waals surface area contributed by atoms with E-state index in [0.717, 1.165) is 22.4 Å². The van der Waals surface area contributed by atoms with Gasteiger partial charge in [0.2, 0.25) is 0 Å². The topological polar surface area (TPSA) is 48.1 Å². The summed E-state index contributed by atoms with van der Waals surface area (Å²) < 4.78 is 5.91. The van der Waals surface area contributed by atoms with Crippen molar-refractivity contribution in [1.29, 1.82) is 0 Å². The van der Waals surface area contributed by atoms with Crippen LogP contribution >= 0.6 is 0 Å². The Bertz CT molecular complexity index is 720. The largest absolute Gasteiger partial charge is 0.457 e. The Kier molecular flexibility index (Phi) is 2.80. The highest BCUT2D eigenvalue weighted by Gasteiger charge is 2.06. The zero-order valence-electron chi connectivity index (χ0n) is 10.6. The van der Waals surface area contributed by atoms with Gasteiger partial charge in [-0.25, -0.2) is 0 Å². The molecule has 0 saturated heterocycles. The lowest BCUT2D eigenvalue weighted by molar-refractivity contribution is 0.488. The molecule has 2 aromatic carbocycles. The van der Waals surface area contributed by atoms with E-state index in [1.165, 1.54) is 5.56 Å². The molecule has 3 nitrogen and oxygen atoms in total. The second kappa shape index (κ2) is 4.61. The number of hydrogen-bond donors (Lipinski definition) is 1. The number of nitrogens with zero attached hydrogens (tertiary/aromatic N) is 1. The lowest BCUT2D eigenvalue weighted by Crippen LogP contribution is -1.92. The maximum absolute atomic E-state index is 5.92. The molecule has 0 fully saturated rings. The molecule has 0 bridgehead atoms. The number of para-hydroxylation sites is 1. The lowest BCUT2D eigenvalue weighted by atomic mass is 10.2. The highest BCUT2D eigenvalue weighted by Crippen LogP contribution is 2.30. The first-order valence-corrected chi connectivity index (χ1v) is 6.12. The Morgan fingerprint density at radius 2 is 1.79 bits per heavy atom. The van der Waals surface area contributed by atoms with Gasteiger partial charge in [-0.15, -0.1) is 0 Å². The van der Waals surface area contributed by atoms with Gasteiger partial charge in [-0.05, 0) is 37.3 Å². The van der Waals surface area contributed by atoms with Crippen molar-refractivity contribution in [3.05, 3.63) is 60.3 Å². The van der Waals surface area contributed by atoms with E-state index in [1.807, 2.05) is 55.5 Å². The second-order valence-corrected chi connectivity index (χ2v) is 4.47. The van der Waals surface area contributed by atoms with E-state index >= 15 is 0 Å². The Morgan fingerprint density at radius 3 is 2.58 bits per heavy atom. The summed E-state index contributed by atoms with van der Waals surface area (Å²) in [6.45, 7) is 2.05. The van der Waals surface area contributed by atoms with Crippen LogP contribution in [0.4, 0.5) is 5.69 Å². The molecule has 0 amide bonds. The number of fused-ring (bicyclic) bond motifs is 1. The molecule has 0 spiro atoms. The van der Waals surface area contributed by atoms with Gasteiger partial charge >= 0.3 is 0 Å². The number of aromatic nitrogens is 1. The van der Waals surface area contributed by atoms with Crippen molar-refractivity contribution in [2.75, 3.05) is 5.73 Å². The van der Waals surface area contributed by atoms with Crippen LogP contribution in [0, 0.1) is 6.92 Å². The van der Waals surface area contributed by atoms with Gasteiger partial charge in [0.15, 0.2) is 0 Å². The highest BCUT2D eigenvalue weighted by atomic mass is 16.5. The molecule has 2 N–H and O–H groups in total. The first kappa shape index (κ1) is 11.5. The SMILES string of the molecule is Cc1ccc(Oc2ccnc3c(N)cccc23)cc1. The van der Waals surface area contributed by atoms with Crippen molar-refractivity contribution in [3.8, 4) is 11.5 Å². The summed E-state index contributed by atoms with van der Waals surface area (Å²) >= 11 is 0. The van der Waals surface area contributed by atoms with Crippen LogP contribution in [0.2, 0.25) is 0 Å². The number of rotatable bonds is 2. The van der Waals surface area contributed by atoms with Gasteiger partial charge < -0.3 is 10.5 Å². The van der Waals surface area contributed by atoms with E-state index in [4.69, 9.17) is 10.5 Å². The van der Waals surface area contributed by atoms with Gasteiger partial charge in [0, 0.05) is 11.6 Å². The van der Waals surface area contributed by atoms with Gasteiger partial charge in [-0.1, -0.05) is 23.8 Å². The zero-order chi connectivity index (χ0) is 13.2. The van der Waals surface area contributed by atoms with E-state index in [1.54, 1.807) is 6.20 Å². The smallest absolute Gasteiger partial charge is 0.138 e. The molecule has 0 radical (unpaired) electrons. The van der Waals surface area contributed by atoms with Gasteiger partial charge in [0.25, 0.3) is 0 Å². The van der Waals surface area contributed by atoms with Crippen LogP contribution in [0.1, 0.15) is 5.56 Å². The van der Waals surface area contributed by atoms with Gasteiger partial charge in [-0.3, -0.25) is 4.98 Å². The summed E-state index contributed by atoms with van der Waals surface area (Å²) in [5.41, 5.74) is 8.55. The Labute approximate surface area is 111 Å². The van der Waals surface area contributed by atoms with Crippen LogP contribution < -0.4 is 10.5 Å². The Morgan fingerprint density at radius 1 is 1.00 bits per heavy atom. The molecule has 0 aliphatic heterocycles. The number of nitrogen functional groups attached to an aromatic ring is 1. The van der Waals surface area contributed by atoms with Crippen LogP contribution in [0.15, 0.2) is 54.7 Å². The lowest BCUT2D eigenvalue weighted by Gasteiger charge is -2.09. The summed E-state index contributed by atoms with van der Waals surface area (Å²) in [5, 5.41) is 0.920. The standard InChI is InChI=1S/C16H14N2O/c1-11-5-7-12(8-6-11)19-15-9-10-18-16-13(15)3-2-4-14(16)17/h2-10H,17H2,1H3. The van der Waals surface area contributed by atoms with Crippen LogP contribution in [-0.4, -0.2) is 4.98 Å². The predicted octanol–water partition coefficient (Wildman–Crippen LogP) is 3.92. The molecule has 0 saturated carbocycles. The molecule has 3 heteroatoms. The minimum absolute atomic E-state index is 0.659. The number of pyridine rings is 1. The average molecular weight is 250 g/mol. The molecule has 94 valence electrons. The molecule has 0 atom stereocenters. The van der Waals surface area contributed by atoms with Gasteiger partial charge in [-0.2, -0.15) is 0 Å². The highest BCUT2D eigenvalue weighted by molar-refractivity contribution is 5.93. The maximum Gasteiger partial charge on any atom is 0.138 e. The quantitative estimate of drug-likeness (QED) is 0.701. The van der Waals surface area contributed by atoms with E-state index in [0.29, 0.717) is 5.69 Å². The molecule has 1 aromatic heterocycles. The number of aryl methyl sites for hydroxylation is 1. The van der Waals surface area contributed by atoms with Crippen LogP contribution in [0.25, 0.3) is 10.9 Å². The molecular weight excluding hydrogens is 236 g/mol. The molecule has 0 unspecified atom stereocenters. The summed E-state index contributed by atoms with van der Waals surface area (Å²) in [6.07, 6.45) is 1.71. The second-order valence-electron chi connectivity index (χ2n) is 4.47. The van der Waals surface area contributed by atoms with Crippen molar-refractivity contribution >= 4 is 16.6 Å². The minimum Gasteiger partial charge on any atom is -0.457 e. The number of benzene rings is 2. The third kappa shape index (κ3) is 2.22. The Hall–Kier alpha value is -2.55. The van der Waals surface area contributed by atoms with Crippen molar-refractivity contribution in [2.24, 2.45) is 0 Å². The van der Waals surface area contributed by atoms with Gasteiger partial charge in [0.05, 0.1) is 11.2 Å². The van der Waals surface area contributed by atoms with Crippen molar-refractivity contribution in [1.82, 2.24) is 4.98 Å². The fraction of sp³-hybridized carbons (Fsp3) is 0.0625. The van der Waals surface area contributed by atoms with Crippen molar-refractivity contribution < 1.29 is 4.74 Å². The van der Waals surface area contributed by atoms with E-state index < -0.39 is 0 Å². The minimum atomic E-state index is 0.659. The monoisotopic (exact) mass is 250 g/mol. The zero-order valence-corrected chi connectivity index (χ0v) is 10.6. The fourth-order valence-corrected chi connectivity index (χ4v) is 2.00. The molecule has 0 aliphatic rings. The molecule has 3 rings (SSSR count). The fourth-order valence-electron chi connectivity index (χ4n) is 2.00. The summed E-state index contributed by atoms with van der Waals surface area (Å²) in [7, 11) is 0. The molecule has 3 aromatic rings. The summed E-state index contributed by atoms with van der Waals surface area (Å²) in [5.74, 6) is 1.57. The average Bonchev–Trinajstić information content (AvgIpc) is 2.43. The van der Waals surface area contributed by atoms with Gasteiger partial charge in [0.1, 0.15) is 11.5 Å². The summed E-state index contributed by atoms with van der Waals surface area (Å²) in [6, 6.07) is 15.5. The molecule has 19 heavy (non-hydrogen) atoms. The summed E-state index contributed by atoms with van der Waals surface area (Å²) in [4.78, 5) is 4.29. The number of hydrogen-bond acceptors (Lipinski definition) is 3. The Balaban J connectivity index is 2.06. The number of anilines is 1. The molecular formula is C16H14N2O. The van der Waals surface area contributed by atoms with E-state index in [2.05, 4.69) is 4.98 Å². The number of nitrogens with two attached hydrogens (primary N) is 1. The number of ether oxygens (including phenoxy) is 1. The predicted molar refractivity (Wildman–Crippen MR) is 77.4 cm³/mol. The maximum atomic E-state index is 5.92. The van der Waals surface area contributed by atoms with E-state index in [-0.39, 0.29) is 0 Å². The van der Waals surface area contributed by atoms with Crippen molar-refractivity contribution in [2.45, 2.75) is 6.92 Å². The first-order chi connectivity index (χ1) is 9.24. The van der Waals surface area contributed by atoms with Crippen LogP contribution in [0.3, 0.4) is 0 Å². The van der Waals surface area contributed by atoms with Crippen LogP contribution in [0.5, 0.6) is 11.5 Å². The normalized spacial score (nSPS) is 10.6. The van der Waals surface area contributed by atoms with Crippen molar-refractivity contribution in [3.63, 3.8) is 0 Å². The molecule has 1 heterocycles. The third-order valence-corrected chi connectivity index (χ3v) is 3.01.